The number of nitrogens with one attached hydrogen (secondary N) is 1. The van der Waals surface area contributed by atoms with Crippen LogP contribution in [0.2, 0.25) is 5.15 Å². The lowest BCUT2D eigenvalue weighted by Gasteiger charge is -2.19. The minimum Gasteiger partial charge on any atom is -0.386 e. The molecule has 0 aromatic carbocycles. The Morgan fingerprint density at radius 3 is 3.00 bits per heavy atom. The molecule has 0 aliphatic carbocycles. The first-order chi connectivity index (χ1) is 9.41. The highest BCUT2D eigenvalue weighted by Crippen LogP contribution is 2.20. The summed E-state index contributed by atoms with van der Waals surface area (Å²) in [6.45, 7) is 2.77. The van der Waals surface area contributed by atoms with E-state index < -0.39 is 5.60 Å². The van der Waals surface area contributed by atoms with Crippen LogP contribution in [0.3, 0.4) is 0 Å². The van der Waals surface area contributed by atoms with Crippen LogP contribution in [-0.4, -0.2) is 46.2 Å². The van der Waals surface area contributed by atoms with E-state index in [1.54, 1.807) is 17.8 Å². The van der Waals surface area contributed by atoms with Crippen molar-refractivity contribution < 1.29 is 14.6 Å². The molecule has 7 heteroatoms. The molecule has 1 atom stereocenters. The van der Waals surface area contributed by atoms with E-state index in [0.29, 0.717) is 23.7 Å². The summed E-state index contributed by atoms with van der Waals surface area (Å²) >= 11 is 6.06. The van der Waals surface area contributed by atoms with Gasteiger partial charge < -0.3 is 15.2 Å². The first-order valence-corrected chi connectivity index (χ1v) is 6.74. The second kappa shape index (κ2) is 5.95. The molecule has 110 valence electrons. The number of halogens is 1. The number of carbonyl (C=O) groups excluding carboxylic acids is 1. The van der Waals surface area contributed by atoms with Gasteiger partial charge in [-0.05, 0) is 13.0 Å². The second-order valence-electron chi connectivity index (χ2n) is 4.99. The van der Waals surface area contributed by atoms with Gasteiger partial charge in [0.05, 0.1) is 12.3 Å². The molecular weight excluding hydrogens is 282 g/mol. The van der Waals surface area contributed by atoms with Crippen LogP contribution in [0.1, 0.15) is 17.7 Å². The van der Waals surface area contributed by atoms with Gasteiger partial charge in [0.15, 0.2) is 0 Å². The zero-order chi connectivity index (χ0) is 14.8. The number of amides is 1. The molecule has 0 saturated carbocycles. The van der Waals surface area contributed by atoms with Crippen LogP contribution in [0.4, 0.5) is 0 Å². The maximum atomic E-state index is 11.7. The Balaban J connectivity index is 1.92. The van der Waals surface area contributed by atoms with Crippen molar-refractivity contribution in [1.82, 2.24) is 15.1 Å². The molecular formula is C13H18ClN3O3. The van der Waals surface area contributed by atoms with Crippen molar-refractivity contribution in [2.75, 3.05) is 19.8 Å². The fourth-order valence-corrected chi connectivity index (χ4v) is 2.28. The summed E-state index contributed by atoms with van der Waals surface area (Å²) in [5, 5.41) is 17.3. The third-order valence-corrected chi connectivity index (χ3v) is 3.72. The average molecular weight is 300 g/mol. The van der Waals surface area contributed by atoms with E-state index in [1.807, 2.05) is 6.92 Å². The number of aryl methyl sites for hydroxylation is 2. The minimum atomic E-state index is -0.953. The average Bonchev–Trinajstić information content (AvgIpc) is 2.92. The normalized spacial score (nSPS) is 22.6. The fourth-order valence-electron chi connectivity index (χ4n) is 2.04. The molecule has 2 heterocycles. The molecule has 6 nitrogen and oxygen atoms in total. The molecule has 1 aliphatic rings. The largest absolute Gasteiger partial charge is 0.386 e. The topological polar surface area (TPSA) is 76.4 Å². The molecule has 1 unspecified atom stereocenters. The first kappa shape index (κ1) is 15.0. The van der Waals surface area contributed by atoms with E-state index in [1.165, 1.54) is 6.08 Å². The Bertz CT molecular complexity index is 533. The molecule has 0 bridgehead atoms. The van der Waals surface area contributed by atoms with E-state index in [2.05, 4.69) is 10.4 Å². The molecule has 1 amide bonds. The van der Waals surface area contributed by atoms with Gasteiger partial charge in [-0.15, -0.1) is 0 Å². The second-order valence-corrected chi connectivity index (χ2v) is 5.35. The van der Waals surface area contributed by atoms with Crippen LogP contribution in [0.15, 0.2) is 6.08 Å². The third kappa shape index (κ3) is 3.39. The molecule has 1 fully saturated rings. The van der Waals surface area contributed by atoms with Gasteiger partial charge in [-0.25, -0.2) is 0 Å². The van der Waals surface area contributed by atoms with Crippen LogP contribution >= 0.6 is 11.6 Å². The summed E-state index contributed by atoms with van der Waals surface area (Å²) in [7, 11) is 1.74. The number of ether oxygens (including phenoxy) is 1. The Labute approximate surface area is 122 Å². The van der Waals surface area contributed by atoms with Gasteiger partial charge in [0.25, 0.3) is 0 Å². The minimum absolute atomic E-state index is 0.177. The Kier molecular flexibility index (Phi) is 4.47. The van der Waals surface area contributed by atoms with E-state index in [-0.39, 0.29) is 19.1 Å². The Morgan fingerprint density at radius 2 is 2.45 bits per heavy atom. The number of carbonyl (C=O) groups is 1. The zero-order valence-corrected chi connectivity index (χ0v) is 12.3. The summed E-state index contributed by atoms with van der Waals surface area (Å²) < 4.78 is 6.66. The molecule has 1 saturated heterocycles. The quantitative estimate of drug-likeness (QED) is 0.801. The fraction of sp³-hybridized carbons (Fsp3) is 0.538. The number of aromatic nitrogens is 2. The predicted molar refractivity (Wildman–Crippen MR) is 75.4 cm³/mol. The van der Waals surface area contributed by atoms with Crippen LogP contribution < -0.4 is 5.32 Å². The monoisotopic (exact) mass is 299 g/mol. The molecule has 1 aromatic heterocycles. The lowest BCUT2D eigenvalue weighted by atomic mass is 10.0. The summed E-state index contributed by atoms with van der Waals surface area (Å²) in [6.07, 6.45) is 3.54. The smallest absolute Gasteiger partial charge is 0.244 e. The Hall–Kier alpha value is -1.37. The summed E-state index contributed by atoms with van der Waals surface area (Å²) in [4.78, 5) is 11.7. The van der Waals surface area contributed by atoms with Crippen LogP contribution in [0, 0.1) is 6.92 Å². The molecule has 0 radical (unpaired) electrons. The summed E-state index contributed by atoms with van der Waals surface area (Å²) in [5.74, 6) is -0.287. The van der Waals surface area contributed by atoms with Gasteiger partial charge in [0.2, 0.25) is 5.91 Å². The number of hydrogen-bond donors (Lipinski definition) is 2. The van der Waals surface area contributed by atoms with E-state index in [0.717, 1.165) is 5.69 Å². The standard InChI is InChI=1S/C13H18ClN3O3/c1-9-10(12(14)17(2)16-9)3-4-11(18)15-7-13(19)5-6-20-8-13/h3-4,19H,5-8H2,1-2H3,(H,15,18)/b4-3+. The van der Waals surface area contributed by atoms with Crippen LogP contribution in [-0.2, 0) is 16.6 Å². The van der Waals surface area contributed by atoms with Crippen molar-refractivity contribution in [3.8, 4) is 0 Å². The highest BCUT2D eigenvalue weighted by Gasteiger charge is 2.32. The Morgan fingerprint density at radius 1 is 1.70 bits per heavy atom. The van der Waals surface area contributed by atoms with E-state index in [4.69, 9.17) is 16.3 Å². The van der Waals surface area contributed by atoms with Crippen molar-refractivity contribution in [3.05, 3.63) is 22.5 Å². The molecule has 20 heavy (non-hydrogen) atoms. The SMILES string of the molecule is Cc1nn(C)c(Cl)c1/C=C/C(=O)NCC1(O)CCOC1. The van der Waals surface area contributed by atoms with Crippen molar-refractivity contribution in [3.63, 3.8) is 0 Å². The number of nitrogens with zero attached hydrogens (tertiary/aromatic N) is 2. The lowest BCUT2D eigenvalue weighted by molar-refractivity contribution is -0.117. The molecule has 1 aromatic rings. The number of aliphatic hydroxyl groups is 1. The van der Waals surface area contributed by atoms with Crippen molar-refractivity contribution in [1.29, 1.82) is 0 Å². The number of hydrogen-bond acceptors (Lipinski definition) is 4. The number of rotatable bonds is 4. The summed E-state index contributed by atoms with van der Waals surface area (Å²) in [5.41, 5.74) is 0.516. The van der Waals surface area contributed by atoms with Crippen LogP contribution in [0.5, 0.6) is 0 Å². The molecule has 2 N–H and O–H groups in total. The van der Waals surface area contributed by atoms with Gasteiger partial charge in [-0.2, -0.15) is 5.10 Å². The van der Waals surface area contributed by atoms with Gasteiger partial charge >= 0.3 is 0 Å². The van der Waals surface area contributed by atoms with Crippen LogP contribution in [0.25, 0.3) is 6.08 Å². The van der Waals surface area contributed by atoms with Gasteiger partial charge in [-0.1, -0.05) is 11.6 Å². The molecule has 2 rings (SSSR count). The van der Waals surface area contributed by atoms with E-state index in [9.17, 15) is 9.90 Å². The van der Waals surface area contributed by atoms with Crippen molar-refractivity contribution in [2.24, 2.45) is 7.05 Å². The summed E-state index contributed by atoms with van der Waals surface area (Å²) in [6, 6.07) is 0. The highest BCUT2D eigenvalue weighted by molar-refractivity contribution is 6.31. The molecule has 1 aliphatic heterocycles. The van der Waals surface area contributed by atoms with Gasteiger partial charge in [0.1, 0.15) is 10.8 Å². The van der Waals surface area contributed by atoms with Crippen molar-refractivity contribution >= 4 is 23.6 Å². The zero-order valence-electron chi connectivity index (χ0n) is 11.5. The maximum absolute atomic E-state index is 11.7. The van der Waals surface area contributed by atoms with E-state index >= 15 is 0 Å². The first-order valence-electron chi connectivity index (χ1n) is 6.36. The van der Waals surface area contributed by atoms with Crippen molar-refractivity contribution in [2.45, 2.75) is 18.9 Å². The van der Waals surface area contributed by atoms with Gasteiger partial charge in [0, 0.05) is 38.3 Å². The highest BCUT2D eigenvalue weighted by atomic mass is 35.5. The predicted octanol–water partition coefficient (Wildman–Crippen LogP) is 0.663. The third-order valence-electron chi connectivity index (χ3n) is 3.27. The lowest BCUT2D eigenvalue weighted by Crippen LogP contribution is -2.42. The maximum Gasteiger partial charge on any atom is 0.244 e. The van der Waals surface area contributed by atoms with Gasteiger partial charge in [-0.3, -0.25) is 9.48 Å². The molecule has 0 spiro atoms.